The highest BCUT2D eigenvalue weighted by molar-refractivity contribution is 7.12. The van der Waals surface area contributed by atoms with E-state index in [4.69, 9.17) is 5.73 Å². The molecule has 0 aliphatic carbocycles. The number of carbonyl (C=O) groups is 2. The molecule has 6 nitrogen and oxygen atoms in total. The molecule has 0 aromatic carbocycles. The lowest BCUT2D eigenvalue weighted by Crippen LogP contribution is -2.25. The molecule has 0 aliphatic heterocycles. The number of thiophene rings is 1. The molecule has 0 bridgehead atoms. The molecule has 0 saturated heterocycles. The number of nitrogens with two attached hydrogens (primary N) is 1. The fourth-order valence-electron chi connectivity index (χ4n) is 1.43. The fraction of sp³-hybridized carbons (Fsp3) is 0.500. The van der Waals surface area contributed by atoms with Crippen molar-refractivity contribution in [2.24, 2.45) is 10.9 Å². The summed E-state index contributed by atoms with van der Waals surface area (Å²) in [7, 11) is 0. The van der Waals surface area contributed by atoms with E-state index in [1.54, 1.807) is 6.07 Å². The van der Waals surface area contributed by atoms with E-state index >= 15 is 0 Å². The second-order valence-corrected chi connectivity index (χ2v) is 6.19. The average molecular weight is 284 g/mol. The molecule has 0 fully saturated rings. The summed E-state index contributed by atoms with van der Waals surface area (Å²) in [6, 6.07) is 3.69. The quantitative estimate of drug-likeness (QED) is 0.858. The summed E-state index contributed by atoms with van der Waals surface area (Å²) < 4.78 is 4.55. The molecule has 104 valence electrons. The van der Waals surface area contributed by atoms with Crippen molar-refractivity contribution in [1.82, 2.24) is 0 Å². The van der Waals surface area contributed by atoms with Crippen LogP contribution in [0.15, 0.2) is 17.3 Å². The van der Waals surface area contributed by atoms with E-state index in [0.29, 0.717) is 4.88 Å². The van der Waals surface area contributed by atoms with Gasteiger partial charge in [0, 0.05) is 9.75 Å². The lowest BCUT2D eigenvalue weighted by atomic mass is 9.95. The van der Waals surface area contributed by atoms with Crippen LogP contribution in [0, 0.1) is 4.91 Å². The molecule has 0 radical (unpaired) electrons. The third-order valence-corrected chi connectivity index (χ3v) is 4.13. The maximum atomic E-state index is 11.4. The maximum Gasteiger partial charge on any atom is 0.470 e. The number of hydrogen-bond donors (Lipinski definition) is 1. The van der Waals surface area contributed by atoms with Gasteiger partial charge in [0.2, 0.25) is 5.91 Å². The van der Waals surface area contributed by atoms with Gasteiger partial charge in [-0.1, -0.05) is 20.8 Å². The first-order valence-electron chi connectivity index (χ1n) is 5.65. The Morgan fingerprint density at radius 3 is 2.47 bits per heavy atom. The molecule has 1 atom stereocenters. The van der Waals surface area contributed by atoms with E-state index in [-0.39, 0.29) is 12.0 Å². The van der Waals surface area contributed by atoms with Gasteiger partial charge in [0.05, 0.1) is 5.18 Å². The highest BCUT2D eigenvalue weighted by atomic mass is 32.1. The van der Waals surface area contributed by atoms with Crippen LogP contribution in [-0.2, 0) is 14.9 Å². The molecule has 1 heterocycles. The number of hydrogen-bond acceptors (Lipinski definition) is 5. The molecule has 7 heteroatoms. The van der Waals surface area contributed by atoms with Crippen LogP contribution in [0.2, 0.25) is 0 Å². The van der Waals surface area contributed by atoms with E-state index in [2.05, 4.69) is 30.7 Å². The first kappa shape index (κ1) is 15.3. The Morgan fingerprint density at radius 1 is 1.42 bits per heavy atom. The van der Waals surface area contributed by atoms with E-state index < -0.39 is 17.9 Å². The zero-order valence-electron chi connectivity index (χ0n) is 11.0. The highest BCUT2D eigenvalue weighted by Crippen LogP contribution is 2.33. The van der Waals surface area contributed by atoms with Gasteiger partial charge < -0.3 is 10.5 Å². The van der Waals surface area contributed by atoms with Gasteiger partial charge in [-0.15, -0.1) is 16.2 Å². The standard InChI is InChI=1S/C12H16N2O4S/c1-12(2,3)9-5-4-8(19-9)7(10(13)15)6-18-11(16)14-17/h4-5,7H,6H2,1-3H3,(H2,13,15). The zero-order chi connectivity index (χ0) is 14.6. The van der Waals surface area contributed by atoms with Gasteiger partial charge in [0.15, 0.2) is 0 Å². The first-order chi connectivity index (χ1) is 8.75. The molecule has 1 aromatic heterocycles. The number of amides is 2. The van der Waals surface area contributed by atoms with Crippen molar-refractivity contribution >= 4 is 23.3 Å². The molecule has 19 heavy (non-hydrogen) atoms. The zero-order valence-corrected chi connectivity index (χ0v) is 11.8. The van der Waals surface area contributed by atoms with Gasteiger partial charge in [-0.3, -0.25) is 4.79 Å². The third kappa shape index (κ3) is 4.13. The summed E-state index contributed by atoms with van der Waals surface area (Å²) in [5, 5.41) is 2.10. The van der Waals surface area contributed by atoms with E-state index in [0.717, 1.165) is 4.88 Å². The Bertz CT molecular complexity index is 490. The Morgan fingerprint density at radius 2 is 2.05 bits per heavy atom. The van der Waals surface area contributed by atoms with E-state index in [1.165, 1.54) is 11.3 Å². The molecule has 1 rings (SSSR count). The number of nitrogens with zero attached hydrogens (tertiary/aromatic N) is 1. The number of carbonyl (C=O) groups excluding carboxylic acids is 2. The molecule has 1 aromatic rings. The van der Waals surface area contributed by atoms with Crippen molar-refractivity contribution in [2.45, 2.75) is 32.1 Å². The minimum absolute atomic E-state index is 0.0356. The van der Waals surface area contributed by atoms with Crippen LogP contribution in [-0.4, -0.2) is 18.6 Å². The second kappa shape index (κ2) is 5.92. The van der Waals surface area contributed by atoms with Crippen LogP contribution < -0.4 is 5.73 Å². The van der Waals surface area contributed by atoms with Crippen LogP contribution in [0.4, 0.5) is 4.79 Å². The second-order valence-electron chi connectivity index (χ2n) is 5.08. The Kier molecular flexibility index (Phi) is 4.77. The molecule has 0 saturated carbocycles. The van der Waals surface area contributed by atoms with Gasteiger partial charge in [-0.05, 0) is 17.5 Å². The van der Waals surface area contributed by atoms with Crippen LogP contribution in [0.25, 0.3) is 0 Å². The topological polar surface area (TPSA) is 98.8 Å². The predicted molar refractivity (Wildman–Crippen MR) is 72.1 cm³/mol. The monoisotopic (exact) mass is 284 g/mol. The summed E-state index contributed by atoms with van der Waals surface area (Å²) in [5.41, 5.74) is 5.25. The fourth-order valence-corrected chi connectivity index (χ4v) is 2.59. The summed E-state index contributed by atoms with van der Waals surface area (Å²) >= 11 is 1.43. The molecule has 0 aliphatic rings. The maximum absolute atomic E-state index is 11.4. The predicted octanol–water partition coefficient (Wildman–Crippen LogP) is 2.52. The summed E-state index contributed by atoms with van der Waals surface area (Å²) in [6.45, 7) is 5.89. The highest BCUT2D eigenvalue weighted by Gasteiger charge is 2.24. The van der Waals surface area contributed by atoms with Crippen molar-refractivity contribution in [3.63, 3.8) is 0 Å². The summed E-state index contributed by atoms with van der Waals surface area (Å²) in [4.78, 5) is 33.8. The van der Waals surface area contributed by atoms with Crippen molar-refractivity contribution in [1.29, 1.82) is 0 Å². The van der Waals surface area contributed by atoms with Gasteiger partial charge in [0.25, 0.3) is 0 Å². The van der Waals surface area contributed by atoms with Crippen LogP contribution in [0.3, 0.4) is 0 Å². The molecule has 1 unspecified atom stereocenters. The Balaban J connectivity index is 2.88. The van der Waals surface area contributed by atoms with Crippen LogP contribution in [0.5, 0.6) is 0 Å². The van der Waals surface area contributed by atoms with Crippen LogP contribution in [0.1, 0.15) is 36.4 Å². The van der Waals surface area contributed by atoms with Crippen molar-refractivity contribution < 1.29 is 14.3 Å². The minimum Gasteiger partial charge on any atom is -0.445 e. The van der Waals surface area contributed by atoms with E-state index in [1.807, 2.05) is 6.07 Å². The Labute approximate surface area is 114 Å². The van der Waals surface area contributed by atoms with Crippen molar-refractivity contribution in [3.8, 4) is 0 Å². The van der Waals surface area contributed by atoms with Crippen LogP contribution >= 0.6 is 11.3 Å². The summed E-state index contributed by atoms with van der Waals surface area (Å²) in [6.07, 6.45) is -1.25. The SMILES string of the molecule is CC(C)(C)c1ccc(C(COC(=O)N=O)C(N)=O)s1. The average Bonchev–Trinajstić information content (AvgIpc) is 2.77. The molecule has 2 N–H and O–H groups in total. The molecular formula is C12H16N2O4S. The Hall–Kier alpha value is -1.76. The summed E-state index contributed by atoms with van der Waals surface area (Å²) in [5.74, 6) is -1.37. The molecule has 0 spiro atoms. The lowest BCUT2D eigenvalue weighted by Gasteiger charge is -2.16. The molecule has 2 amide bonds. The normalized spacial score (nSPS) is 12.8. The first-order valence-corrected chi connectivity index (χ1v) is 6.47. The van der Waals surface area contributed by atoms with E-state index in [9.17, 15) is 14.5 Å². The van der Waals surface area contributed by atoms with Gasteiger partial charge in [0.1, 0.15) is 12.5 Å². The van der Waals surface area contributed by atoms with Crippen molar-refractivity contribution in [2.75, 3.05) is 6.61 Å². The molecular weight excluding hydrogens is 268 g/mol. The van der Waals surface area contributed by atoms with Gasteiger partial charge in [-0.25, -0.2) is 4.79 Å². The minimum atomic E-state index is -1.25. The number of nitroso groups, excluding NO2 is 1. The smallest absolute Gasteiger partial charge is 0.445 e. The van der Waals surface area contributed by atoms with Gasteiger partial charge in [-0.2, -0.15) is 0 Å². The van der Waals surface area contributed by atoms with Crippen molar-refractivity contribution in [3.05, 3.63) is 26.8 Å². The third-order valence-electron chi connectivity index (χ3n) is 2.50. The van der Waals surface area contributed by atoms with Gasteiger partial charge >= 0.3 is 6.09 Å². The lowest BCUT2D eigenvalue weighted by molar-refractivity contribution is -0.120. The largest absolute Gasteiger partial charge is 0.470 e. The number of primary amides is 1. The number of ether oxygens (including phenoxy) is 1. The number of rotatable bonds is 4.